The monoisotopic (exact) mass is 315 g/mol. The molecule has 0 spiro atoms. The number of carboxylic acid groups (broad SMARTS) is 1. The van der Waals surface area contributed by atoms with E-state index in [1.54, 1.807) is 0 Å². The van der Waals surface area contributed by atoms with Gasteiger partial charge in [0.15, 0.2) is 0 Å². The van der Waals surface area contributed by atoms with Crippen LogP contribution in [-0.4, -0.2) is 35.0 Å². The Kier molecular flexibility index (Phi) is 5.03. The average Bonchev–Trinajstić information content (AvgIpc) is 2.27. The Hall–Kier alpha value is -1.69. The van der Waals surface area contributed by atoms with Crippen LogP contribution >= 0.6 is 15.9 Å². The van der Waals surface area contributed by atoms with Gasteiger partial charge in [-0.3, -0.25) is 9.59 Å². The molecule has 0 fully saturated rings. The van der Waals surface area contributed by atoms with Crippen LogP contribution < -0.4 is 0 Å². The summed E-state index contributed by atoms with van der Waals surface area (Å²) in [5, 5.41) is 8.69. The first-order valence-corrected chi connectivity index (χ1v) is 5.82. The molecule has 96 valence electrons. The summed E-state index contributed by atoms with van der Waals surface area (Å²) in [4.78, 5) is 23.6. The van der Waals surface area contributed by atoms with Crippen molar-refractivity contribution in [2.45, 2.75) is 0 Å². The van der Waals surface area contributed by atoms with Crippen LogP contribution in [0.15, 0.2) is 35.3 Å². The molecule has 0 aliphatic carbocycles. The van der Waals surface area contributed by atoms with E-state index in [2.05, 4.69) is 22.5 Å². The summed E-state index contributed by atoms with van der Waals surface area (Å²) in [5.74, 6) is -2.54. The van der Waals surface area contributed by atoms with Gasteiger partial charge in [-0.15, -0.1) is 6.58 Å². The van der Waals surface area contributed by atoms with Gasteiger partial charge in [-0.2, -0.15) is 0 Å². The number of carbonyl (C=O) groups excluding carboxylic acids is 1. The van der Waals surface area contributed by atoms with E-state index in [0.29, 0.717) is 4.47 Å². The van der Waals surface area contributed by atoms with Crippen LogP contribution in [-0.2, 0) is 4.79 Å². The predicted molar refractivity (Wildman–Crippen MR) is 67.8 cm³/mol. The van der Waals surface area contributed by atoms with Crippen LogP contribution in [0.2, 0.25) is 0 Å². The molecule has 0 aromatic heterocycles. The highest BCUT2D eigenvalue weighted by molar-refractivity contribution is 9.10. The van der Waals surface area contributed by atoms with Crippen LogP contribution in [0.5, 0.6) is 0 Å². The summed E-state index contributed by atoms with van der Waals surface area (Å²) in [6.45, 7) is 2.97. The Morgan fingerprint density at radius 1 is 1.50 bits per heavy atom. The summed E-state index contributed by atoms with van der Waals surface area (Å²) in [7, 11) is 0. The minimum absolute atomic E-state index is 0.0423. The van der Waals surface area contributed by atoms with Gasteiger partial charge < -0.3 is 10.0 Å². The highest BCUT2D eigenvalue weighted by atomic mass is 79.9. The van der Waals surface area contributed by atoms with Gasteiger partial charge in [-0.25, -0.2) is 4.39 Å². The number of carboxylic acids is 1. The molecule has 1 aromatic carbocycles. The topological polar surface area (TPSA) is 57.6 Å². The number of rotatable bonds is 5. The standard InChI is InChI=1S/C12H11BrFNO3/c1-2-5-15(7-11(16)17)12(18)9-4-3-8(13)6-10(9)14/h2-4,6H,1,5,7H2,(H,16,17). The lowest BCUT2D eigenvalue weighted by atomic mass is 10.2. The molecule has 0 atom stereocenters. The van der Waals surface area contributed by atoms with E-state index in [1.807, 2.05) is 0 Å². The summed E-state index contributed by atoms with van der Waals surface area (Å²) < 4.78 is 14.1. The molecule has 1 aromatic rings. The summed E-state index contributed by atoms with van der Waals surface area (Å²) >= 11 is 3.08. The normalized spacial score (nSPS) is 9.89. The molecular formula is C12H11BrFNO3. The number of carbonyl (C=O) groups is 2. The van der Waals surface area contributed by atoms with E-state index in [4.69, 9.17) is 5.11 Å². The van der Waals surface area contributed by atoms with Crippen molar-refractivity contribution in [1.29, 1.82) is 0 Å². The van der Waals surface area contributed by atoms with Crippen LogP contribution in [0, 0.1) is 5.82 Å². The van der Waals surface area contributed by atoms with Crippen LogP contribution in [0.3, 0.4) is 0 Å². The first-order valence-electron chi connectivity index (χ1n) is 5.02. The third-order valence-electron chi connectivity index (χ3n) is 2.12. The number of aliphatic carboxylic acids is 1. The average molecular weight is 316 g/mol. The lowest BCUT2D eigenvalue weighted by molar-refractivity contribution is -0.137. The highest BCUT2D eigenvalue weighted by Crippen LogP contribution is 2.16. The number of halogens is 2. The zero-order valence-electron chi connectivity index (χ0n) is 9.40. The Labute approximate surface area is 112 Å². The van der Waals surface area contributed by atoms with Crippen molar-refractivity contribution in [3.8, 4) is 0 Å². The fourth-order valence-electron chi connectivity index (χ4n) is 1.37. The van der Waals surface area contributed by atoms with Gasteiger partial charge >= 0.3 is 5.97 Å². The lowest BCUT2D eigenvalue weighted by Crippen LogP contribution is -2.36. The predicted octanol–water partition coefficient (Wildman–Crippen LogP) is 2.30. The zero-order valence-corrected chi connectivity index (χ0v) is 11.0. The van der Waals surface area contributed by atoms with Crippen molar-refractivity contribution < 1.29 is 19.1 Å². The van der Waals surface area contributed by atoms with Crippen molar-refractivity contribution in [2.75, 3.05) is 13.1 Å². The van der Waals surface area contributed by atoms with E-state index in [0.717, 1.165) is 11.0 Å². The molecule has 1 amide bonds. The Balaban J connectivity index is 3.01. The number of hydrogen-bond donors (Lipinski definition) is 1. The molecule has 0 aliphatic rings. The smallest absolute Gasteiger partial charge is 0.323 e. The minimum Gasteiger partial charge on any atom is -0.480 e. The van der Waals surface area contributed by atoms with E-state index in [9.17, 15) is 14.0 Å². The Morgan fingerprint density at radius 3 is 2.67 bits per heavy atom. The number of amides is 1. The highest BCUT2D eigenvalue weighted by Gasteiger charge is 2.20. The number of nitrogens with zero attached hydrogens (tertiary/aromatic N) is 1. The van der Waals surface area contributed by atoms with Crippen LogP contribution in [0.4, 0.5) is 4.39 Å². The molecule has 0 aliphatic heterocycles. The fraction of sp³-hybridized carbons (Fsp3) is 0.167. The molecular weight excluding hydrogens is 305 g/mol. The first kappa shape index (κ1) is 14.4. The third kappa shape index (κ3) is 3.66. The van der Waals surface area contributed by atoms with Gasteiger partial charge in [-0.05, 0) is 18.2 Å². The second-order valence-electron chi connectivity index (χ2n) is 3.49. The molecule has 0 unspecified atom stereocenters. The molecule has 6 heteroatoms. The molecule has 0 radical (unpaired) electrons. The van der Waals surface area contributed by atoms with Crippen molar-refractivity contribution >= 4 is 27.8 Å². The van der Waals surface area contributed by atoms with Crippen molar-refractivity contribution in [1.82, 2.24) is 4.90 Å². The SMILES string of the molecule is C=CCN(CC(=O)O)C(=O)c1ccc(Br)cc1F. The molecule has 1 rings (SSSR count). The maximum absolute atomic E-state index is 13.6. The molecule has 0 heterocycles. The third-order valence-corrected chi connectivity index (χ3v) is 2.62. The molecule has 4 nitrogen and oxygen atoms in total. The largest absolute Gasteiger partial charge is 0.480 e. The summed E-state index contributed by atoms with van der Waals surface area (Å²) in [5.41, 5.74) is -0.165. The maximum atomic E-state index is 13.6. The number of benzene rings is 1. The second kappa shape index (κ2) is 6.30. The van der Waals surface area contributed by atoms with Gasteiger partial charge in [0.1, 0.15) is 12.4 Å². The van der Waals surface area contributed by atoms with Gasteiger partial charge in [0, 0.05) is 11.0 Å². The van der Waals surface area contributed by atoms with Crippen molar-refractivity contribution in [3.63, 3.8) is 0 Å². The molecule has 0 saturated carbocycles. The van der Waals surface area contributed by atoms with Crippen molar-refractivity contribution in [3.05, 3.63) is 46.7 Å². The first-order chi connectivity index (χ1) is 8.45. The molecule has 1 N–H and O–H groups in total. The van der Waals surface area contributed by atoms with Crippen LogP contribution in [0.1, 0.15) is 10.4 Å². The van der Waals surface area contributed by atoms with Gasteiger partial charge in [0.05, 0.1) is 5.56 Å². The molecule has 0 bridgehead atoms. The fourth-order valence-corrected chi connectivity index (χ4v) is 1.70. The van der Waals surface area contributed by atoms with E-state index < -0.39 is 24.2 Å². The molecule has 18 heavy (non-hydrogen) atoms. The second-order valence-corrected chi connectivity index (χ2v) is 4.41. The van der Waals surface area contributed by atoms with Gasteiger partial charge in [0.2, 0.25) is 0 Å². The van der Waals surface area contributed by atoms with E-state index in [1.165, 1.54) is 18.2 Å². The number of hydrogen-bond acceptors (Lipinski definition) is 2. The minimum atomic E-state index is -1.16. The maximum Gasteiger partial charge on any atom is 0.323 e. The quantitative estimate of drug-likeness (QED) is 0.848. The van der Waals surface area contributed by atoms with Gasteiger partial charge in [0.25, 0.3) is 5.91 Å². The Morgan fingerprint density at radius 2 is 2.17 bits per heavy atom. The summed E-state index contributed by atoms with van der Waals surface area (Å²) in [6, 6.07) is 3.98. The van der Waals surface area contributed by atoms with E-state index in [-0.39, 0.29) is 12.1 Å². The summed E-state index contributed by atoms with van der Waals surface area (Å²) in [6.07, 6.45) is 1.39. The zero-order chi connectivity index (χ0) is 13.7. The van der Waals surface area contributed by atoms with Crippen LogP contribution in [0.25, 0.3) is 0 Å². The molecule has 0 saturated heterocycles. The van der Waals surface area contributed by atoms with Crippen molar-refractivity contribution in [2.24, 2.45) is 0 Å². The van der Waals surface area contributed by atoms with E-state index >= 15 is 0 Å². The van der Waals surface area contributed by atoms with Gasteiger partial charge in [-0.1, -0.05) is 22.0 Å². The Bertz CT molecular complexity index is 490. The lowest BCUT2D eigenvalue weighted by Gasteiger charge is -2.19.